The number of aryl methyl sites for hydroxylation is 1. The molecule has 2 fully saturated rings. The number of imidazole rings is 1. The summed E-state index contributed by atoms with van der Waals surface area (Å²) >= 11 is -0.750. The molecule has 156 valence electrons. The maximum absolute atomic E-state index is 12.7. The van der Waals surface area contributed by atoms with Gasteiger partial charge in [0.2, 0.25) is 5.91 Å². The van der Waals surface area contributed by atoms with Crippen LogP contribution in [0.15, 0.2) is 48.5 Å². The molecule has 1 aromatic heterocycles. The standard InChI is InChI=1S/C22H24N4O.O2S/c1-14-5-4-6-16(11-14)26-10-9-15(13-26)23-22(27)18-12-17(18)21-24-19-7-2-3-8-20(19)25-21;1-3-2/h2-8,11,15,17-18H,9-10,12-13H2,1H3,(H,23,27)(H,24,25);/t15-,17+,18+;/m1./s1. The molecule has 0 unspecified atom stereocenters. The summed E-state index contributed by atoms with van der Waals surface area (Å²) in [6.07, 6.45) is 1.89. The Bertz CT molecular complexity index is 1060. The number of fused-ring (bicyclic) bond motifs is 1. The van der Waals surface area contributed by atoms with E-state index in [-0.39, 0.29) is 23.8 Å². The van der Waals surface area contributed by atoms with Crippen molar-refractivity contribution in [1.29, 1.82) is 0 Å². The number of para-hydroxylation sites is 2. The van der Waals surface area contributed by atoms with Gasteiger partial charge in [0.25, 0.3) is 0 Å². The van der Waals surface area contributed by atoms with Crippen LogP contribution in [-0.2, 0) is 16.4 Å². The van der Waals surface area contributed by atoms with Crippen LogP contribution in [0.5, 0.6) is 0 Å². The zero-order chi connectivity index (χ0) is 21.1. The third kappa shape index (κ3) is 4.43. The molecular formula is C22H24N4O3S. The van der Waals surface area contributed by atoms with Crippen LogP contribution >= 0.6 is 0 Å². The summed E-state index contributed by atoms with van der Waals surface area (Å²) in [7, 11) is 0. The Morgan fingerprint density at radius 3 is 2.77 bits per heavy atom. The molecule has 1 amide bonds. The van der Waals surface area contributed by atoms with E-state index in [1.54, 1.807) is 0 Å². The number of anilines is 1. The number of aromatic nitrogens is 2. The number of H-pyrrole nitrogens is 1. The summed E-state index contributed by atoms with van der Waals surface area (Å²) in [6.45, 7) is 3.99. The molecule has 2 aromatic carbocycles. The topological polar surface area (TPSA) is 95.2 Å². The van der Waals surface area contributed by atoms with Gasteiger partial charge in [0.1, 0.15) is 5.82 Å². The van der Waals surface area contributed by atoms with Gasteiger partial charge in [0.15, 0.2) is 0 Å². The summed E-state index contributed by atoms with van der Waals surface area (Å²) in [5, 5.41) is 3.27. The van der Waals surface area contributed by atoms with Crippen molar-refractivity contribution in [2.45, 2.75) is 31.7 Å². The fourth-order valence-electron chi connectivity index (χ4n) is 4.18. The van der Waals surface area contributed by atoms with E-state index in [9.17, 15) is 4.79 Å². The minimum atomic E-state index is -0.750. The van der Waals surface area contributed by atoms with Crippen molar-refractivity contribution in [3.8, 4) is 0 Å². The molecule has 1 saturated heterocycles. The largest absolute Gasteiger partial charge is 0.369 e. The van der Waals surface area contributed by atoms with Gasteiger partial charge >= 0.3 is 11.6 Å². The van der Waals surface area contributed by atoms with Gasteiger partial charge in [0, 0.05) is 36.7 Å². The van der Waals surface area contributed by atoms with Gasteiger partial charge < -0.3 is 15.2 Å². The quantitative estimate of drug-likeness (QED) is 0.671. The van der Waals surface area contributed by atoms with Crippen molar-refractivity contribution in [2.75, 3.05) is 18.0 Å². The normalized spacial score (nSPS) is 22.3. The SMILES string of the molecule is Cc1cccc(N2CC[C@@H](NC(=O)[C@H]3C[C@@H]3c3nc4ccccc4[nH]3)C2)c1.O=S=O. The van der Waals surface area contributed by atoms with Gasteiger partial charge in [-0.25, -0.2) is 4.98 Å². The molecular weight excluding hydrogens is 400 g/mol. The van der Waals surface area contributed by atoms with E-state index < -0.39 is 11.6 Å². The van der Waals surface area contributed by atoms with Crippen molar-refractivity contribution in [3.63, 3.8) is 0 Å². The third-order valence-corrected chi connectivity index (χ3v) is 5.79. The highest BCUT2D eigenvalue weighted by Crippen LogP contribution is 2.46. The molecule has 5 rings (SSSR count). The highest BCUT2D eigenvalue weighted by molar-refractivity contribution is 7.51. The van der Waals surface area contributed by atoms with E-state index in [0.29, 0.717) is 0 Å². The van der Waals surface area contributed by atoms with Crippen LogP contribution < -0.4 is 10.2 Å². The Morgan fingerprint density at radius 1 is 1.20 bits per heavy atom. The molecule has 7 nitrogen and oxygen atoms in total. The highest BCUT2D eigenvalue weighted by Gasteiger charge is 2.46. The second kappa shape index (κ2) is 8.79. The summed E-state index contributed by atoms with van der Waals surface area (Å²) in [5.41, 5.74) is 4.54. The van der Waals surface area contributed by atoms with Gasteiger partial charge in [-0.2, -0.15) is 8.42 Å². The van der Waals surface area contributed by atoms with Crippen molar-refractivity contribution in [3.05, 3.63) is 59.9 Å². The van der Waals surface area contributed by atoms with Crippen LogP contribution in [0.2, 0.25) is 0 Å². The summed E-state index contributed by atoms with van der Waals surface area (Å²) in [6, 6.07) is 16.8. The molecule has 3 aromatic rings. The lowest BCUT2D eigenvalue weighted by molar-refractivity contribution is -0.123. The summed E-state index contributed by atoms with van der Waals surface area (Å²) < 4.78 is 16.6. The van der Waals surface area contributed by atoms with Crippen molar-refractivity contribution < 1.29 is 13.2 Å². The first-order valence-electron chi connectivity index (χ1n) is 10.1. The highest BCUT2D eigenvalue weighted by atomic mass is 32.1. The summed E-state index contributed by atoms with van der Waals surface area (Å²) in [5.74, 6) is 1.41. The minimum Gasteiger partial charge on any atom is -0.369 e. The third-order valence-electron chi connectivity index (χ3n) is 5.79. The van der Waals surface area contributed by atoms with Gasteiger partial charge in [-0.1, -0.05) is 24.3 Å². The number of nitrogens with one attached hydrogen (secondary N) is 2. The number of rotatable bonds is 4. The van der Waals surface area contributed by atoms with Gasteiger partial charge in [-0.05, 0) is 49.6 Å². The molecule has 1 aliphatic heterocycles. The first kappa shape index (κ1) is 20.3. The molecule has 2 N–H and O–H groups in total. The predicted octanol–water partition coefficient (Wildman–Crippen LogP) is 2.70. The van der Waals surface area contributed by atoms with Crippen LogP contribution in [0.3, 0.4) is 0 Å². The Morgan fingerprint density at radius 2 is 2.00 bits per heavy atom. The van der Waals surface area contributed by atoms with Gasteiger partial charge in [-0.15, -0.1) is 0 Å². The average molecular weight is 425 g/mol. The van der Waals surface area contributed by atoms with Crippen molar-refractivity contribution in [2.24, 2.45) is 5.92 Å². The van der Waals surface area contributed by atoms with Crippen molar-refractivity contribution >= 4 is 34.2 Å². The number of nitrogens with zero attached hydrogens (tertiary/aromatic N) is 2. The van der Waals surface area contributed by atoms with E-state index in [1.807, 2.05) is 24.3 Å². The first-order valence-corrected chi connectivity index (χ1v) is 10.7. The lowest BCUT2D eigenvalue weighted by Gasteiger charge is -2.19. The van der Waals surface area contributed by atoms with Crippen LogP contribution in [0, 0.1) is 12.8 Å². The number of carbonyl (C=O) groups is 1. The molecule has 0 radical (unpaired) electrons. The molecule has 2 heterocycles. The molecule has 0 spiro atoms. The lowest BCUT2D eigenvalue weighted by atomic mass is 10.2. The number of aromatic amines is 1. The second-order valence-corrected chi connectivity index (χ2v) is 8.07. The molecule has 30 heavy (non-hydrogen) atoms. The van der Waals surface area contributed by atoms with E-state index in [2.05, 4.69) is 51.4 Å². The Balaban J connectivity index is 0.000000687. The second-order valence-electron chi connectivity index (χ2n) is 7.94. The van der Waals surface area contributed by atoms with Crippen LogP contribution in [0.1, 0.15) is 30.1 Å². The maximum atomic E-state index is 12.7. The van der Waals surface area contributed by atoms with Crippen LogP contribution in [0.4, 0.5) is 5.69 Å². The predicted molar refractivity (Wildman–Crippen MR) is 116 cm³/mol. The smallest absolute Gasteiger partial charge is 0.335 e. The Kier molecular flexibility index (Phi) is 5.94. The average Bonchev–Trinajstić information content (AvgIpc) is 3.20. The van der Waals surface area contributed by atoms with Crippen molar-refractivity contribution in [1.82, 2.24) is 15.3 Å². The van der Waals surface area contributed by atoms with E-state index in [1.165, 1.54) is 11.3 Å². The molecule has 1 aliphatic carbocycles. The fraction of sp³-hybridized carbons (Fsp3) is 0.364. The Hall–Kier alpha value is -3.00. The lowest BCUT2D eigenvalue weighted by Crippen LogP contribution is -2.38. The van der Waals surface area contributed by atoms with Crippen LogP contribution in [0.25, 0.3) is 11.0 Å². The zero-order valence-electron chi connectivity index (χ0n) is 16.7. The maximum Gasteiger partial charge on any atom is 0.335 e. The summed E-state index contributed by atoms with van der Waals surface area (Å²) in [4.78, 5) is 23.1. The van der Waals surface area contributed by atoms with E-state index in [4.69, 9.17) is 8.42 Å². The molecule has 1 saturated carbocycles. The zero-order valence-corrected chi connectivity index (χ0v) is 17.5. The molecule has 3 atom stereocenters. The Labute approximate surface area is 178 Å². The molecule has 8 heteroatoms. The molecule has 0 bridgehead atoms. The van der Waals surface area contributed by atoms with Gasteiger partial charge in [0.05, 0.1) is 11.0 Å². The number of carbonyl (C=O) groups excluding carboxylic acids is 1. The first-order chi connectivity index (χ1) is 14.6. The van der Waals surface area contributed by atoms with Gasteiger partial charge in [-0.3, -0.25) is 4.79 Å². The fourth-order valence-corrected chi connectivity index (χ4v) is 4.18. The number of hydrogen-bond acceptors (Lipinski definition) is 5. The number of hydrogen-bond donors (Lipinski definition) is 2. The van der Waals surface area contributed by atoms with E-state index in [0.717, 1.165) is 42.8 Å². The number of benzene rings is 2. The molecule has 2 aliphatic rings. The van der Waals surface area contributed by atoms with E-state index >= 15 is 0 Å². The number of amides is 1. The minimum absolute atomic E-state index is 0.0542. The monoisotopic (exact) mass is 424 g/mol. The van der Waals surface area contributed by atoms with Crippen LogP contribution in [-0.4, -0.2) is 43.4 Å².